The molecule has 4 aromatic rings. The number of piperazine rings is 1. The molecule has 1 fully saturated rings. The number of carbonyl (C=O) groups excluding carboxylic acids is 1. The topological polar surface area (TPSA) is 58.7 Å². The van der Waals surface area contributed by atoms with Gasteiger partial charge in [0.1, 0.15) is 5.82 Å². The molecule has 0 aliphatic carbocycles. The Balaban J connectivity index is 1.36. The third kappa shape index (κ3) is 4.24. The highest BCUT2D eigenvalue weighted by Crippen LogP contribution is 2.24. The van der Waals surface area contributed by atoms with Crippen LogP contribution in [0.5, 0.6) is 0 Å². The minimum Gasteiger partial charge on any atom is -0.408 e. The summed E-state index contributed by atoms with van der Waals surface area (Å²) in [6.07, 6.45) is 0. The zero-order valence-electron chi connectivity index (χ0n) is 18.6. The van der Waals surface area contributed by atoms with Gasteiger partial charge in [-0.05, 0) is 48.9 Å². The Kier molecular flexibility index (Phi) is 5.98. The van der Waals surface area contributed by atoms with Crippen molar-refractivity contribution in [1.29, 1.82) is 0 Å². The van der Waals surface area contributed by atoms with Gasteiger partial charge in [0.25, 0.3) is 0 Å². The van der Waals surface area contributed by atoms with E-state index in [1.165, 1.54) is 6.07 Å². The number of fused-ring (bicyclic) bond motifs is 1. The molecule has 0 amide bonds. The van der Waals surface area contributed by atoms with E-state index in [0.717, 1.165) is 5.56 Å². The predicted octanol–water partition coefficient (Wildman–Crippen LogP) is 4.71. The number of nitrogens with zero attached hydrogens (tertiary/aromatic N) is 3. The number of ketones is 1. The van der Waals surface area contributed by atoms with Crippen molar-refractivity contribution in [2.45, 2.75) is 13.6 Å². The molecule has 0 bridgehead atoms. The zero-order valence-corrected chi connectivity index (χ0v) is 19.4. The summed E-state index contributed by atoms with van der Waals surface area (Å²) in [5.74, 6) is -0.883. The maximum atomic E-state index is 14.1. The summed E-state index contributed by atoms with van der Waals surface area (Å²) < 4.78 is 21.2. The van der Waals surface area contributed by atoms with Gasteiger partial charge in [0, 0.05) is 42.3 Å². The molecule has 2 heterocycles. The van der Waals surface area contributed by atoms with E-state index in [2.05, 4.69) is 4.90 Å². The normalized spacial score (nSPS) is 14.6. The molecule has 0 radical (unpaired) electrons. The second-order valence-corrected chi connectivity index (χ2v) is 8.90. The Morgan fingerprint density at radius 3 is 2.53 bits per heavy atom. The molecule has 1 aliphatic rings. The van der Waals surface area contributed by atoms with Crippen molar-refractivity contribution in [3.05, 3.63) is 98.7 Å². The highest BCUT2D eigenvalue weighted by Gasteiger charge is 2.22. The molecule has 1 aliphatic heterocycles. The molecule has 0 spiro atoms. The van der Waals surface area contributed by atoms with Gasteiger partial charge in [-0.1, -0.05) is 35.9 Å². The number of halogens is 2. The monoisotopic (exact) mass is 479 g/mol. The third-order valence-corrected chi connectivity index (χ3v) is 6.49. The summed E-state index contributed by atoms with van der Waals surface area (Å²) in [6.45, 7) is 4.87. The number of carbonyl (C=O) groups is 1. The van der Waals surface area contributed by atoms with Crippen molar-refractivity contribution < 1.29 is 13.6 Å². The van der Waals surface area contributed by atoms with Gasteiger partial charge in [0.05, 0.1) is 17.9 Å². The zero-order chi connectivity index (χ0) is 23.8. The van der Waals surface area contributed by atoms with Crippen LogP contribution < -0.4 is 10.7 Å². The lowest BCUT2D eigenvalue weighted by atomic mass is 9.98. The van der Waals surface area contributed by atoms with Crippen LogP contribution >= 0.6 is 11.6 Å². The predicted molar refractivity (Wildman–Crippen MR) is 130 cm³/mol. The Hall–Kier alpha value is -3.42. The van der Waals surface area contributed by atoms with Gasteiger partial charge in [-0.25, -0.2) is 9.18 Å². The van der Waals surface area contributed by atoms with Crippen LogP contribution in [-0.2, 0) is 6.67 Å². The standard InChI is InChI=1S/C26H23ClFN3O3/c1-17-13-23-24(15-20(17)25(32)18-5-4-6-19(27)14-18)34-26(33)31(23)16-29-9-11-30(12-10-29)22-8-3-2-7-21(22)28/h2-8,13-15H,9-12,16H2,1H3. The van der Waals surface area contributed by atoms with E-state index in [0.29, 0.717) is 65.8 Å². The van der Waals surface area contributed by atoms with Gasteiger partial charge in [0.2, 0.25) is 0 Å². The van der Waals surface area contributed by atoms with Gasteiger partial charge >= 0.3 is 5.76 Å². The molecule has 3 aromatic carbocycles. The number of aryl methyl sites for hydroxylation is 1. The number of hydrogen-bond donors (Lipinski definition) is 0. The van der Waals surface area contributed by atoms with Crippen LogP contribution in [0.4, 0.5) is 10.1 Å². The number of oxazole rings is 1. The quantitative estimate of drug-likeness (QED) is 0.388. The number of rotatable bonds is 5. The Morgan fingerprint density at radius 1 is 1.03 bits per heavy atom. The summed E-state index contributed by atoms with van der Waals surface area (Å²) >= 11 is 6.04. The van der Waals surface area contributed by atoms with E-state index in [9.17, 15) is 14.0 Å². The van der Waals surface area contributed by atoms with Crippen molar-refractivity contribution in [2.75, 3.05) is 31.1 Å². The second-order valence-electron chi connectivity index (χ2n) is 8.47. The lowest BCUT2D eigenvalue weighted by Crippen LogP contribution is -2.47. The van der Waals surface area contributed by atoms with E-state index >= 15 is 0 Å². The van der Waals surface area contributed by atoms with Crippen molar-refractivity contribution >= 4 is 34.2 Å². The first kappa shape index (κ1) is 22.4. The van der Waals surface area contributed by atoms with Gasteiger partial charge < -0.3 is 9.32 Å². The Morgan fingerprint density at radius 2 is 1.79 bits per heavy atom. The molecular weight excluding hydrogens is 457 g/mol. The van der Waals surface area contributed by atoms with Crippen LogP contribution in [0, 0.1) is 12.7 Å². The summed E-state index contributed by atoms with van der Waals surface area (Å²) in [5, 5.41) is 0.484. The van der Waals surface area contributed by atoms with E-state index in [4.69, 9.17) is 16.0 Å². The third-order valence-electron chi connectivity index (χ3n) is 6.25. The first-order valence-electron chi connectivity index (χ1n) is 11.1. The van der Waals surface area contributed by atoms with Crippen LogP contribution in [0.1, 0.15) is 21.5 Å². The van der Waals surface area contributed by atoms with Gasteiger partial charge in [-0.3, -0.25) is 14.3 Å². The van der Waals surface area contributed by atoms with Crippen LogP contribution in [0.3, 0.4) is 0 Å². The second kappa shape index (κ2) is 9.08. The van der Waals surface area contributed by atoms with Crippen molar-refractivity contribution in [3.8, 4) is 0 Å². The average molecular weight is 480 g/mol. The summed E-state index contributed by atoms with van der Waals surface area (Å²) in [7, 11) is 0. The number of hydrogen-bond acceptors (Lipinski definition) is 5. The van der Waals surface area contributed by atoms with E-state index in [1.54, 1.807) is 47.0 Å². The molecule has 0 N–H and O–H groups in total. The van der Waals surface area contributed by atoms with Crippen molar-refractivity contribution in [1.82, 2.24) is 9.47 Å². The van der Waals surface area contributed by atoms with E-state index in [1.807, 2.05) is 24.0 Å². The van der Waals surface area contributed by atoms with Gasteiger partial charge in [-0.15, -0.1) is 0 Å². The largest absolute Gasteiger partial charge is 0.421 e. The smallest absolute Gasteiger partial charge is 0.408 e. The molecule has 8 heteroatoms. The summed E-state index contributed by atoms with van der Waals surface area (Å²) in [6, 6.07) is 17.0. The van der Waals surface area contributed by atoms with Gasteiger partial charge in [-0.2, -0.15) is 0 Å². The number of aromatic nitrogens is 1. The molecule has 1 saturated heterocycles. The first-order chi connectivity index (χ1) is 16.4. The van der Waals surface area contributed by atoms with Crippen LogP contribution in [0.15, 0.2) is 69.9 Å². The minimum atomic E-state index is -0.474. The molecule has 1 aromatic heterocycles. The van der Waals surface area contributed by atoms with Crippen LogP contribution in [-0.4, -0.2) is 41.4 Å². The summed E-state index contributed by atoms with van der Waals surface area (Å²) in [5.41, 5.74) is 3.29. The fraction of sp³-hybridized carbons (Fsp3) is 0.231. The first-order valence-corrected chi connectivity index (χ1v) is 11.4. The molecular formula is C26H23ClFN3O3. The molecule has 34 heavy (non-hydrogen) atoms. The lowest BCUT2D eigenvalue weighted by molar-refractivity contribution is 0.103. The number of para-hydroxylation sites is 1. The highest BCUT2D eigenvalue weighted by atomic mass is 35.5. The van der Waals surface area contributed by atoms with Gasteiger partial charge in [0.15, 0.2) is 11.4 Å². The molecule has 5 rings (SSSR count). The molecule has 6 nitrogen and oxygen atoms in total. The van der Waals surface area contributed by atoms with Crippen LogP contribution in [0.25, 0.3) is 11.1 Å². The highest BCUT2D eigenvalue weighted by molar-refractivity contribution is 6.31. The SMILES string of the molecule is Cc1cc2c(cc1C(=O)c1cccc(Cl)c1)oc(=O)n2CN1CCN(c2ccccc2F)CC1. The van der Waals surface area contributed by atoms with Crippen molar-refractivity contribution in [2.24, 2.45) is 0 Å². The molecule has 0 unspecified atom stereocenters. The average Bonchev–Trinajstić information content (AvgIpc) is 3.13. The maximum absolute atomic E-state index is 14.1. The number of anilines is 1. The number of benzene rings is 3. The van der Waals surface area contributed by atoms with Crippen LogP contribution in [0.2, 0.25) is 5.02 Å². The molecule has 174 valence electrons. The van der Waals surface area contributed by atoms with E-state index in [-0.39, 0.29) is 11.6 Å². The Labute approximate surface area is 200 Å². The van der Waals surface area contributed by atoms with E-state index < -0.39 is 5.76 Å². The molecule has 0 saturated carbocycles. The summed E-state index contributed by atoms with van der Waals surface area (Å²) in [4.78, 5) is 29.8. The van der Waals surface area contributed by atoms with Crippen molar-refractivity contribution in [3.63, 3.8) is 0 Å². The maximum Gasteiger partial charge on any atom is 0.421 e. The minimum absolute atomic E-state index is 0.179. The molecule has 0 atom stereocenters. The lowest BCUT2D eigenvalue weighted by Gasteiger charge is -2.36. The fourth-order valence-corrected chi connectivity index (χ4v) is 4.61. The Bertz CT molecular complexity index is 1440. The fourth-order valence-electron chi connectivity index (χ4n) is 4.42.